The summed E-state index contributed by atoms with van der Waals surface area (Å²) in [6, 6.07) is 10.1. The van der Waals surface area contributed by atoms with Gasteiger partial charge in [-0.05, 0) is 37.2 Å². The first-order valence-electron chi connectivity index (χ1n) is 12.8. The van der Waals surface area contributed by atoms with Crippen LogP contribution in [0.5, 0.6) is 0 Å². The Morgan fingerprint density at radius 2 is 1.94 bits per heavy atom. The van der Waals surface area contributed by atoms with Crippen LogP contribution in [-0.2, 0) is 14.3 Å². The van der Waals surface area contributed by atoms with Crippen LogP contribution in [0, 0.1) is 0 Å². The average Bonchev–Trinajstić information content (AvgIpc) is 3.31. The number of piperidine rings is 1. The number of benzene rings is 1. The van der Waals surface area contributed by atoms with E-state index in [-0.39, 0.29) is 29.5 Å². The number of hydrogen-bond acceptors (Lipinski definition) is 6. The predicted molar refractivity (Wildman–Crippen MR) is 128 cm³/mol. The fourth-order valence-electron chi connectivity index (χ4n) is 5.97. The van der Waals surface area contributed by atoms with E-state index in [1.54, 1.807) is 4.90 Å². The topological polar surface area (TPSA) is 85.4 Å². The number of β-amino-alcohol motifs (C(OH)–C–C–N with tert-alkyl or cyclic N) is 1. The van der Waals surface area contributed by atoms with E-state index >= 15 is 0 Å². The molecule has 1 spiro atoms. The zero-order valence-electron chi connectivity index (χ0n) is 20.2. The van der Waals surface area contributed by atoms with E-state index in [1.807, 2.05) is 23.1 Å². The number of carbonyl (C=O) groups is 2. The van der Waals surface area contributed by atoms with Gasteiger partial charge in [-0.2, -0.15) is 0 Å². The fourth-order valence-corrected chi connectivity index (χ4v) is 5.97. The highest BCUT2D eigenvalue weighted by atomic mass is 16.5. The first-order valence-corrected chi connectivity index (χ1v) is 12.8. The number of nitrogens with zero attached hydrogens (tertiary/aromatic N) is 3. The van der Waals surface area contributed by atoms with Crippen molar-refractivity contribution in [1.82, 2.24) is 20.0 Å². The van der Waals surface area contributed by atoms with Crippen molar-refractivity contribution < 1.29 is 19.4 Å². The molecule has 4 aliphatic rings. The third kappa shape index (κ3) is 5.00. The maximum Gasteiger partial charge on any atom is 0.226 e. The molecule has 4 aliphatic heterocycles. The summed E-state index contributed by atoms with van der Waals surface area (Å²) < 4.78 is 5.90. The lowest BCUT2D eigenvalue weighted by Crippen LogP contribution is -2.70. The molecule has 0 saturated carbocycles. The largest absolute Gasteiger partial charge is 0.388 e. The van der Waals surface area contributed by atoms with Crippen LogP contribution in [0.2, 0.25) is 0 Å². The summed E-state index contributed by atoms with van der Waals surface area (Å²) in [6.07, 6.45) is 4.20. The van der Waals surface area contributed by atoms with Gasteiger partial charge in [0.25, 0.3) is 0 Å². The van der Waals surface area contributed by atoms with E-state index in [0.29, 0.717) is 52.0 Å². The molecule has 186 valence electrons. The van der Waals surface area contributed by atoms with Crippen LogP contribution in [0.4, 0.5) is 0 Å². The number of rotatable bonds is 6. The maximum atomic E-state index is 12.9. The smallest absolute Gasteiger partial charge is 0.226 e. The van der Waals surface area contributed by atoms with Crippen LogP contribution in [0.25, 0.3) is 0 Å². The van der Waals surface area contributed by atoms with Gasteiger partial charge in [-0.15, -0.1) is 0 Å². The molecule has 1 aromatic carbocycles. The molecular weight excluding hydrogens is 432 g/mol. The van der Waals surface area contributed by atoms with Crippen molar-refractivity contribution in [3.63, 3.8) is 0 Å². The molecule has 2 atom stereocenters. The van der Waals surface area contributed by atoms with Crippen molar-refractivity contribution in [2.24, 2.45) is 0 Å². The van der Waals surface area contributed by atoms with Gasteiger partial charge >= 0.3 is 0 Å². The Balaban J connectivity index is 1.06. The third-order valence-corrected chi connectivity index (χ3v) is 8.23. The second-order valence-electron chi connectivity index (χ2n) is 10.8. The van der Waals surface area contributed by atoms with Gasteiger partial charge < -0.3 is 19.6 Å². The first kappa shape index (κ1) is 23.7. The molecule has 0 bridgehead atoms. The predicted octanol–water partition coefficient (Wildman–Crippen LogP) is 1.50. The van der Waals surface area contributed by atoms with E-state index in [2.05, 4.69) is 29.3 Å². The number of ether oxygens (including phenoxy) is 1. The molecule has 4 fully saturated rings. The number of nitrogens with one attached hydrogen (secondary N) is 1. The van der Waals surface area contributed by atoms with E-state index in [1.165, 1.54) is 5.56 Å². The Bertz CT molecular complexity index is 872. The minimum Gasteiger partial charge on any atom is -0.388 e. The number of likely N-dealkylation sites (tertiary alicyclic amines) is 2. The van der Waals surface area contributed by atoms with Crippen LogP contribution in [-0.4, -0.2) is 95.0 Å². The molecule has 0 aliphatic carbocycles. The molecule has 1 aromatic rings. The molecule has 5 rings (SSSR count). The Morgan fingerprint density at radius 1 is 1.21 bits per heavy atom. The molecule has 0 radical (unpaired) electrons. The lowest BCUT2D eigenvalue weighted by molar-refractivity contribution is -0.158. The molecule has 8 heteroatoms. The van der Waals surface area contributed by atoms with Crippen molar-refractivity contribution in [2.45, 2.75) is 68.7 Å². The molecule has 2 amide bonds. The minimum atomic E-state index is -0.940. The number of carbonyl (C=O) groups excluding carboxylic acids is 2. The van der Waals surface area contributed by atoms with Crippen LogP contribution in [0.1, 0.15) is 56.9 Å². The number of hydrogen-bond donors (Lipinski definition) is 2. The molecule has 0 aromatic heterocycles. The minimum absolute atomic E-state index is 0.0291. The molecule has 8 nitrogen and oxygen atoms in total. The summed E-state index contributed by atoms with van der Waals surface area (Å²) >= 11 is 0. The monoisotopic (exact) mass is 470 g/mol. The van der Waals surface area contributed by atoms with Crippen LogP contribution in [0.15, 0.2) is 30.3 Å². The fraction of sp³-hybridized carbons (Fsp3) is 0.692. The Morgan fingerprint density at radius 3 is 2.59 bits per heavy atom. The highest BCUT2D eigenvalue weighted by molar-refractivity contribution is 5.78. The Kier molecular flexibility index (Phi) is 6.68. The summed E-state index contributed by atoms with van der Waals surface area (Å²) in [5.41, 5.74) is 0.258. The highest BCUT2D eigenvalue weighted by Crippen LogP contribution is 2.36. The van der Waals surface area contributed by atoms with Gasteiger partial charge in [-0.25, -0.2) is 0 Å². The molecule has 4 saturated heterocycles. The normalized spacial score (nSPS) is 27.6. The van der Waals surface area contributed by atoms with Gasteiger partial charge in [0.1, 0.15) is 0 Å². The van der Waals surface area contributed by atoms with E-state index in [9.17, 15) is 14.7 Å². The summed E-state index contributed by atoms with van der Waals surface area (Å²) in [6.45, 7) is 6.57. The van der Waals surface area contributed by atoms with Gasteiger partial charge in [0.05, 0.1) is 37.0 Å². The molecule has 1 unspecified atom stereocenters. The summed E-state index contributed by atoms with van der Waals surface area (Å²) in [7, 11) is 0. The molecule has 4 heterocycles. The van der Waals surface area contributed by atoms with Crippen LogP contribution in [0.3, 0.4) is 0 Å². The van der Waals surface area contributed by atoms with Crippen molar-refractivity contribution >= 4 is 11.8 Å². The van der Waals surface area contributed by atoms with Gasteiger partial charge in [-0.3, -0.25) is 19.8 Å². The van der Waals surface area contributed by atoms with Crippen LogP contribution >= 0.6 is 0 Å². The number of aliphatic hydroxyl groups is 1. The second-order valence-corrected chi connectivity index (χ2v) is 10.8. The van der Waals surface area contributed by atoms with Crippen molar-refractivity contribution in [1.29, 1.82) is 0 Å². The SMILES string of the molecule is C[C@H](CC(=O)N1CCC(O)(CN2CNC(N3CC4(CCCO4)C3)CC2=O)CC1)c1ccccc1. The van der Waals surface area contributed by atoms with E-state index in [0.717, 1.165) is 32.5 Å². The van der Waals surface area contributed by atoms with Gasteiger partial charge in [-0.1, -0.05) is 37.3 Å². The zero-order valence-corrected chi connectivity index (χ0v) is 20.2. The van der Waals surface area contributed by atoms with E-state index in [4.69, 9.17) is 4.74 Å². The summed E-state index contributed by atoms with van der Waals surface area (Å²) in [4.78, 5) is 31.6. The molecule has 2 N–H and O–H groups in total. The van der Waals surface area contributed by atoms with Crippen molar-refractivity contribution in [3.8, 4) is 0 Å². The standard InChI is InChI=1S/C26H38N4O4/c1-20(21-6-3-2-4-7-21)14-23(31)28-11-9-25(33,10-12-28)16-30-19-27-22(15-24(30)32)29-17-26(18-29)8-5-13-34-26/h2-4,6-7,20,22,27,33H,5,8-19H2,1H3/t20-,22?/m1/s1. The van der Waals surface area contributed by atoms with Gasteiger partial charge in [0.15, 0.2) is 0 Å². The van der Waals surface area contributed by atoms with Crippen molar-refractivity contribution in [2.75, 3.05) is 46.0 Å². The quantitative estimate of drug-likeness (QED) is 0.656. The van der Waals surface area contributed by atoms with Gasteiger partial charge in [0.2, 0.25) is 11.8 Å². The van der Waals surface area contributed by atoms with Crippen molar-refractivity contribution in [3.05, 3.63) is 35.9 Å². The molecule has 34 heavy (non-hydrogen) atoms. The van der Waals surface area contributed by atoms with Gasteiger partial charge in [0, 0.05) is 39.2 Å². The molecular formula is C26H38N4O4. The summed E-state index contributed by atoms with van der Waals surface area (Å²) in [5.74, 6) is 0.386. The second kappa shape index (κ2) is 9.57. The summed E-state index contributed by atoms with van der Waals surface area (Å²) in [5, 5.41) is 14.7. The highest BCUT2D eigenvalue weighted by Gasteiger charge is 2.49. The van der Waals surface area contributed by atoms with Crippen LogP contribution < -0.4 is 5.32 Å². The average molecular weight is 471 g/mol. The Hall–Kier alpha value is -2.00. The first-order chi connectivity index (χ1) is 16.3. The Labute approximate surface area is 202 Å². The van der Waals surface area contributed by atoms with E-state index < -0.39 is 5.60 Å². The lowest BCUT2D eigenvalue weighted by atomic mass is 9.89. The zero-order chi connectivity index (χ0) is 23.8. The number of amides is 2. The maximum absolute atomic E-state index is 12.9. The third-order valence-electron chi connectivity index (χ3n) is 8.23. The lowest BCUT2D eigenvalue weighted by Gasteiger charge is -2.52.